The predicted octanol–water partition coefficient (Wildman–Crippen LogP) is 1.75. The number of likely N-dealkylation sites (N-methyl/N-ethyl adjacent to an activating group) is 1. The number of methoxy groups -OCH3 is 1. The number of rotatable bonds is 4. The molecule has 1 N–H and O–H groups in total. The third-order valence-corrected chi connectivity index (χ3v) is 3.71. The number of piperidine rings is 1. The van der Waals surface area contributed by atoms with Crippen LogP contribution >= 0.6 is 0 Å². The van der Waals surface area contributed by atoms with Gasteiger partial charge >= 0.3 is 0 Å². The molecule has 2 rings (SSSR count). The van der Waals surface area contributed by atoms with Crippen molar-refractivity contribution < 1.29 is 4.74 Å². The van der Waals surface area contributed by atoms with E-state index in [1.807, 2.05) is 18.2 Å². The second-order valence-electron chi connectivity index (χ2n) is 5.06. The van der Waals surface area contributed by atoms with Gasteiger partial charge in [0.2, 0.25) is 0 Å². The Labute approximate surface area is 115 Å². The molecule has 1 fully saturated rings. The molecule has 4 heteroatoms. The van der Waals surface area contributed by atoms with Gasteiger partial charge in [-0.05, 0) is 44.1 Å². The summed E-state index contributed by atoms with van der Waals surface area (Å²) in [6.45, 7) is 3.08. The number of nitrogens with one attached hydrogen (secondary N) is 1. The van der Waals surface area contributed by atoms with Crippen LogP contribution in [0.2, 0.25) is 0 Å². The van der Waals surface area contributed by atoms with Crippen molar-refractivity contribution in [1.29, 1.82) is 5.26 Å². The molecule has 1 saturated heterocycles. The summed E-state index contributed by atoms with van der Waals surface area (Å²) in [6.07, 6.45) is 2.49. The summed E-state index contributed by atoms with van der Waals surface area (Å²) in [4.78, 5) is 2.37. The average Bonchev–Trinajstić information content (AvgIpc) is 2.48. The number of hydrogen-bond donors (Lipinski definition) is 1. The molecule has 0 bridgehead atoms. The van der Waals surface area contributed by atoms with Crippen LogP contribution in [0.5, 0.6) is 5.75 Å². The Balaban J connectivity index is 2.04. The van der Waals surface area contributed by atoms with Crippen LogP contribution in [0, 0.1) is 11.3 Å². The molecule has 0 saturated carbocycles. The normalized spacial score (nSPS) is 19.2. The molecule has 1 heterocycles. The van der Waals surface area contributed by atoms with Crippen molar-refractivity contribution >= 4 is 0 Å². The number of ether oxygens (including phenoxy) is 1. The quantitative estimate of drug-likeness (QED) is 0.895. The molecular formula is C15H21N3O. The third kappa shape index (κ3) is 3.46. The van der Waals surface area contributed by atoms with Gasteiger partial charge in [-0.1, -0.05) is 6.07 Å². The van der Waals surface area contributed by atoms with E-state index in [2.05, 4.69) is 23.3 Å². The lowest BCUT2D eigenvalue weighted by molar-refractivity contribution is 0.195. The fourth-order valence-corrected chi connectivity index (χ4v) is 2.55. The number of hydrogen-bond acceptors (Lipinski definition) is 4. The van der Waals surface area contributed by atoms with Crippen LogP contribution in [0.3, 0.4) is 0 Å². The van der Waals surface area contributed by atoms with Crippen molar-refractivity contribution in [3.05, 3.63) is 29.3 Å². The smallest absolute Gasteiger partial charge is 0.136 e. The molecule has 0 amide bonds. The zero-order valence-corrected chi connectivity index (χ0v) is 11.6. The van der Waals surface area contributed by atoms with E-state index in [4.69, 9.17) is 10.00 Å². The second-order valence-corrected chi connectivity index (χ2v) is 5.06. The van der Waals surface area contributed by atoms with E-state index in [1.165, 1.54) is 18.4 Å². The van der Waals surface area contributed by atoms with Gasteiger partial charge in [0.15, 0.2) is 0 Å². The first-order valence-electron chi connectivity index (χ1n) is 6.72. The van der Waals surface area contributed by atoms with E-state index in [9.17, 15) is 0 Å². The second kappa shape index (κ2) is 6.55. The lowest BCUT2D eigenvalue weighted by Gasteiger charge is -2.31. The molecule has 1 aliphatic rings. The third-order valence-electron chi connectivity index (χ3n) is 3.71. The highest BCUT2D eigenvalue weighted by molar-refractivity contribution is 5.45. The molecule has 1 unspecified atom stereocenters. The van der Waals surface area contributed by atoms with Gasteiger partial charge in [-0.25, -0.2) is 0 Å². The van der Waals surface area contributed by atoms with E-state index in [-0.39, 0.29) is 0 Å². The minimum absolute atomic E-state index is 0.591. The average molecular weight is 259 g/mol. The van der Waals surface area contributed by atoms with Gasteiger partial charge in [0, 0.05) is 19.1 Å². The molecule has 4 nitrogen and oxygen atoms in total. The molecule has 0 spiro atoms. The summed E-state index contributed by atoms with van der Waals surface area (Å²) in [5.41, 5.74) is 1.78. The Morgan fingerprint density at radius 2 is 2.37 bits per heavy atom. The van der Waals surface area contributed by atoms with E-state index >= 15 is 0 Å². The molecule has 0 aromatic heterocycles. The maximum Gasteiger partial charge on any atom is 0.136 e. The van der Waals surface area contributed by atoms with Crippen LogP contribution in [0.4, 0.5) is 0 Å². The molecule has 0 aliphatic carbocycles. The fraction of sp³-hybridized carbons (Fsp3) is 0.533. The van der Waals surface area contributed by atoms with Gasteiger partial charge in [-0.2, -0.15) is 5.26 Å². The molecule has 1 aliphatic heterocycles. The first-order chi connectivity index (χ1) is 9.24. The Bertz CT molecular complexity index is 461. The van der Waals surface area contributed by atoms with E-state index in [1.54, 1.807) is 7.11 Å². The Morgan fingerprint density at radius 1 is 1.53 bits per heavy atom. The van der Waals surface area contributed by atoms with Crippen LogP contribution in [0.15, 0.2) is 18.2 Å². The minimum Gasteiger partial charge on any atom is -0.495 e. The van der Waals surface area contributed by atoms with E-state index in [0.29, 0.717) is 17.4 Å². The van der Waals surface area contributed by atoms with Crippen molar-refractivity contribution in [2.24, 2.45) is 0 Å². The summed E-state index contributed by atoms with van der Waals surface area (Å²) in [5, 5.41) is 12.4. The first-order valence-corrected chi connectivity index (χ1v) is 6.72. The predicted molar refractivity (Wildman–Crippen MR) is 75.1 cm³/mol. The Morgan fingerprint density at radius 3 is 3.00 bits per heavy atom. The lowest BCUT2D eigenvalue weighted by atomic mass is 10.0. The highest BCUT2D eigenvalue weighted by Crippen LogP contribution is 2.21. The van der Waals surface area contributed by atoms with Crippen molar-refractivity contribution in [1.82, 2.24) is 10.2 Å². The van der Waals surface area contributed by atoms with Gasteiger partial charge in [-0.3, -0.25) is 4.90 Å². The summed E-state index contributed by atoms with van der Waals surface area (Å²) >= 11 is 0. The summed E-state index contributed by atoms with van der Waals surface area (Å²) in [7, 11) is 3.76. The minimum atomic E-state index is 0.591. The van der Waals surface area contributed by atoms with Crippen LogP contribution in [-0.4, -0.2) is 38.2 Å². The van der Waals surface area contributed by atoms with Crippen molar-refractivity contribution in [3.63, 3.8) is 0 Å². The van der Waals surface area contributed by atoms with Gasteiger partial charge in [0.1, 0.15) is 11.8 Å². The number of nitriles is 1. The lowest BCUT2D eigenvalue weighted by Crippen LogP contribution is -2.43. The Hall–Kier alpha value is -1.57. The first kappa shape index (κ1) is 13.9. The SMILES string of the molecule is COc1cc(CN(C)C2CCCNC2)ccc1C#N. The standard InChI is InChI=1S/C15H21N3O/c1-18(14-4-3-7-17-10-14)11-12-5-6-13(9-16)15(8-12)19-2/h5-6,8,14,17H,3-4,7,10-11H2,1-2H3. The van der Waals surface area contributed by atoms with Crippen LogP contribution < -0.4 is 10.1 Å². The molecule has 1 aromatic rings. The van der Waals surface area contributed by atoms with Crippen LogP contribution in [-0.2, 0) is 6.54 Å². The Kier molecular flexibility index (Phi) is 4.78. The molecule has 0 radical (unpaired) electrons. The monoisotopic (exact) mass is 259 g/mol. The summed E-state index contributed by atoms with van der Waals surface area (Å²) in [5.74, 6) is 0.662. The van der Waals surface area contributed by atoms with Gasteiger partial charge in [-0.15, -0.1) is 0 Å². The molecular weight excluding hydrogens is 238 g/mol. The summed E-state index contributed by atoms with van der Waals surface area (Å²) < 4.78 is 5.25. The van der Waals surface area contributed by atoms with Gasteiger partial charge in [0.25, 0.3) is 0 Å². The largest absolute Gasteiger partial charge is 0.495 e. The summed E-state index contributed by atoms with van der Waals surface area (Å²) in [6, 6.07) is 8.54. The zero-order valence-electron chi connectivity index (χ0n) is 11.6. The molecule has 102 valence electrons. The molecule has 1 aromatic carbocycles. The highest BCUT2D eigenvalue weighted by atomic mass is 16.5. The van der Waals surface area contributed by atoms with Gasteiger partial charge in [0.05, 0.1) is 12.7 Å². The van der Waals surface area contributed by atoms with Crippen LogP contribution in [0.1, 0.15) is 24.0 Å². The zero-order chi connectivity index (χ0) is 13.7. The highest BCUT2D eigenvalue weighted by Gasteiger charge is 2.18. The molecule has 1 atom stereocenters. The maximum absolute atomic E-state index is 8.98. The van der Waals surface area contributed by atoms with Crippen molar-refractivity contribution in [2.45, 2.75) is 25.4 Å². The van der Waals surface area contributed by atoms with Crippen molar-refractivity contribution in [3.8, 4) is 11.8 Å². The number of nitrogens with zero attached hydrogens (tertiary/aromatic N) is 2. The van der Waals surface area contributed by atoms with Crippen molar-refractivity contribution in [2.75, 3.05) is 27.2 Å². The van der Waals surface area contributed by atoms with E-state index < -0.39 is 0 Å². The molecule has 19 heavy (non-hydrogen) atoms. The van der Waals surface area contributed by atoms with Gasteiger partial charge < -0.3 is 10.1 Å². The number of benzene rings is 1. The topological polar surface area (TPSA) is 48.3 Å². The fourth-order valence-electron chi connectivity index (χ4n) is 2.55. The van der Waals surface area contributed by atoms with E-state index in [0.717, 1.165) is 19.6 Å². The van der Waals surface area contributed by atoms with Crippen LogP contribution in [0.25, 0.3) is 0 Å². The maximum atomic E-state index is 8.98.